The van der Waals surface area contributed by atoms with Gasteiger partial charge in [0.05, 0.1) is 11.6 Å². The van der Waals surface area contributed by atoms with Gasteiger partial charge in [0.15, 0.2) is 0 Å². The van der Waals surface area contributed by atoms with Gasteiger partial charge in [-0.3, -0.25) is 9.36 Å². The summed E-state index contributed by atoms with van der Waals surface area (Å²) in [7, 11) is -3.43. The number of rotatable bonds is 7. The van der Waals surface area contributed by atoms with E-state index in [1.54, 1.807) is 6.08 Å². The number of carboxylic acid groups (broad SMARTS) is 1. The standard InChI is InChI=1S/C17H23O4P/c18-17(19)15-11-4-5-12-16(15)22(20,21)13-7-6-10-14-8-2-1-3-9-14/h1-5,8-9,15-16H,6-7,10-13H2,(H,18,19)(H,20,21)/t15-,16-/m0/s1. The second kappa shape index (κ2) is 7.75. The molecule has 120 valence electrons. The first-order valence-electron chi connectivity index (χ1n) is 7.74. The fourth-order valence-corrected chi connectivity index (χ4v) is 5.26. The van der Waals surface area contributed by atoms with Gasteiger partial charge in [0.2, 0.25) is 7.37 Å². The van der Waals surface area contributed by atoms with Crippen LogP contribution < -0.4 is 0 Å². The minimum Gasteiger partial charge on any atom is -0.481 e. The van der Waals surface area contributed by atoms with Crippen molar-refractivity contribution < 1.29 is 19.4 Å². The summed E-state index contributed by atoms with van der Waals surface area (Å²) >= 11 is 0. The van der Waals surface area contributed by atoms with Crippen LogP contribution in [0.15, 0.2) is 42.5 Å². The van der Waals surface area contributed by atoms with Crippen LogP contribution in [-0.4, -0.2) is 27.8 Å². The summed E-state index contributed by atoms with van der Waals surface area (Å²) < 4.78 is 12.6. The van der Waals surface area contributed by atoms with Crippen LogP contribution in [0.3, 0.4) is 0 Å². The molecule has 1 aliphatic carbocycles. The summed E-state index contributed by atoms with van der Waals surface area (Å²) in [6, 6.07) is 10.0. The number of carboxylic acids is 1. The molecule has 0 aliphatic heterocycles. The molecule has 0 radical (unpaired) electrons. The third kappa shape index (κ3) is 4.56. The molecule has 1 unspecified atom stereocenters. The van der Waals surface area contributed by atoms with Gasteiger partial charge in [-0.05, 0) is 37.7 Å². The highest BCUT2D eigenvalue weighted by atomic mass is 31.2. The molecule has 0 bridgehead atoms. The van der Waals surface area contributed by atoms with Crippen LogP contribution in [0.4, 0.5) is 0 Å². The number of carbonyl (C=O) groups is 1. The average Bonchev–Trinajstić information content (AvgIpc) is 2.52. The second-order valence-corrected chi connectivity index (χ2v) is 8.50. The first-order valence-corrected chi connectivity index (χ1v) is 9.65. The molecular weight excluding hydrogens is 299 g/mol. The fourth-order valence-electron chi connectivity index (χ4n) is 2.99. The van der Waals surface area contributed by atoms with Crippen molar-refractivity contribution >= 4 is 13.3 Å². The van der Waals surface area contributed by atoms with Crippen LogP contribution in [0.25, 0.3) is 0 Å². The van der Waals surface area contributed by atoms with E-state index in [0.717, 1.165) is 12.8 Å². The molecule has 2 rings (SSSR count). The van der Waals surface area contributed by atoms with Gasteiger partial charge in [-0.2, -0.15) is 0 Å². The third-order valence-electron chi connectivity index (χ3n) is 4.27. The largest absolute Gasteiger partial charge is 0.481 e. The Morgan fingerprint density at radius 2 is 1.82 bits per heavy atom. The third-order valence-corrected chi connectivity index (χ3v) is 6.84. The van der Waals surface area contributed by atoms with Crippen LogP contribution in [0.2, 0.25) is 0 Å². The Morgan fingerprint density at radius 3 is 2.50 bits per heavy atom. The molecule has 0 saturated carbocycles. The van der Waals surface area contributed by atoms with Crippen molar-refractivity contribution in [1.82, 2.24) is 0 Å². The van der Waals surface area contributed by atoms with Gasteiger partial charge in [0.1, 0.15) is 0 Å². The van der Waals surface area contributed by atoms with E-state index in [0.29, 0.717) is 19.3 Å². The smallest absolute Gasteiger partial charge is 0.307 e. The topological polar surface area (TPSA) is 74.6 Å². The summed E-state index contributed by atoms with van der Waals surface area (Å²) in [4.78, 5) is 21.6. The predicted molar refractivity (Wildman–Crippen MR) is 87.4 cm³/mol. The zero-order valence-electron chi connectivity index (χ0n) is 12.6. The number of hydrogen-bond acceptors (Lipinski definition) is 2. The van der Waals surface area contributed by atoms with Gasteiger partial charge < -0.3 is 10.00 Å². The molecule has 3 atom stereocenters. The molecule has 0 heterocycles. The molecule has 1 aliphatic rings. The van der Waals surface area contributed by atoms with Gasteiger partial charge >= 0.3 is 5.97 Å². The van der Waals surface area contributed by atoms with E-state index in [1.165, 1.54) is 5.56 Å². The van der Waals surface area contributed by atoms with Crippen molar-refractivity contribution in [2.24, 2.45) is 5.92 Å². The predicted octanol–water partition coefficient (Wildman–Crippen LogP) is 3.70. The molecule has 5 heteroatoms. The first kappa shape index (κ1) is 17.0. The van der Waals surface area contributed by atoms with Crippen molar-refractivity contribution in [3.63, 3.8) is 0 Å². The van der Waals surface area contributed by atoms with E-state index >= 15 is 0 Å². The van der Waals surface area contributed by atoms with Crippen LogP contribution in [0.5, 0.6) is 0 Å². The summed E-state index contributed by atoms with van der Waals surface area (Å²) in [5, 5.41) is 9.23. The van der Waals surface area contributed by atoms with Crippen LogP contribution in [0.1, 0.15) is 31.2 Å². The van der Waals surface area contributed by atoms with E-state index < -0.39 is 24.9 Å². The molecule has 1 aromatic carbocycles. The monoisotopic (exact) mass is 322 g/mol. The maximum atomic E-state index is 12.6. The number of benzene rings is 1. The van der Waals surface area contributed by atoms with E-state index in [2.05, 4.69) is 0 Å². The number of aliphatic carboxylic acids is 1. The second-order valence-electron chi connectivity index (χ2n) is 5.88. The Hall–Kier alpha value is -1.38. The number of unbranched alkanes of at least 4 members (excludes halogenated alkanes) is 1. The molecule has 0 spiro atoms. The highest BCUT2D eigenvalue weighted by Crippen LogP contribution is 2.53. The summed E-state index contributed by atoms with van der Waals surface area (Å²) in [6.45, 7) is 0. The van der Waals surface area contributed by atoms with E-state index in [1.807, 2.05) is 36.4 Å². The number of aryl methyl sites for hydroxylation is 1. The van der Waals surface area contributed by atoms with Gasteiger partial charge in [0.25, 0.3) is 0 Å². The number of allylic oxidation sites excluding steroid dienone is 2. The molecule has 1 aromatic rings. The van der Waals surface area contributed by atoms with Crippen molar-refractivity contribution in [2.45, 2.75) is 37.8 Å². The van der Waals surface area contributed by atoms with Crippen molar-refractivity contribution in [3.05, 3.63) is 48.0 Å². The maximum Gasteiger partial charge on any atom is 0.307 e. The zero-order chi connectivity index (χ0) is 16.0. The fraction of sp³-hybridized carbons (Fsp3) is 0.471. The summed E-state index contributed by atoms with van der Waals surface area (Å²) in [6.07, 6.45) is 6.96. The minimum absolute atomic E-state index is 0.210. The van der Waals surface area contributed by atoms with Crippen LogP contribution in [0, 0.1) is 5.92 Å². The quantitative estimate of drug-likeness (QED) is 0.456. The number of hydrogen-bond donors (Lipinski definition) is 2. The average molecular weight is 322 g/mol. The lowest BCUT2D eigenvalue weighted by Crippen LogP contribution is -2.30. The normalized spacial score (nSPS) is 23.9. The van der Waals surface area contributed by atoms with Crippen molar-refractivity contribution in [1.29, 1.82) is 0 Å². The van der Waals surface area contributed by atoms with Crippen molar-refractivity contribution in [3.8, 4) is 0 Å². The van der Waals surface area contributed by atoms with E-state index in [9.17, 15) is 19.4 Å². The molecule has 2 N–H and O–H groups in total. The molecular formula is C17H23O4P. The van der Waals surface area contributed by atoms with Gasteiger partial charge in [-0.25, -0.2) is 0 Å². The highest BCUT2D eigenvalue weighted by molar-refractivity contribution is 7.58. The lowest BCUT2D eigenvalue weighted by Gasteiger charge is -2.29. The van der Waals surface area contributed by atoms with E-state index in [4.69, 9.17) is 0 Å². The SMILES string of the molecule is O=C(O)[C@H]1CC=CC[C@@H]1P(=O)(O)CCCCc1ccccc1. The van der Waals surface area contributed by atoms with Crippen LogP contribution in [-0.2, 0) is 15.8 Å². The summed E-state index contributed by atoms with van der Waals surface area (Å²) in [5.74, 6) is -1.69. The molecule has 0 aromatic heterocycles. The highest BCUT2D eigenvalue weighted by Gasteiger charge is 2.40. The molecule has 0 fully saturated rings. The van der Waals surface area contributed by atoms with Crippen molar-refractivity contribution in [2.75, 3.05) is 6.16 Å². The first-order chi connectivity index (χ1) is 10.5. The van der Waals surface area contributed by atoms with Gasteiger partial charge in [-0.15, -0.1) is 0 Å². The summed E-state index contributed by atoms with van der Waals surface area (Å²) in [5.41, 5.74) is 0.589. The lowest BCUT2D eigenvalue weighted by atomic mass is 9.94. The molecule has 0 amide bonds. The maximum absolute atomic E-state index is 12.6. The minimum atomic E-state index is -3.43. The Kier molecular flexibility index (Phi) is 5.98. The van der Waals surface area contributed by atoms with E-state index in [-0.39, 0.29) is 6.16 Å². The van der Waals surface area contributed by atoms with Crippen LogP contribution >= 0.6 is 7.37 Å². The Bertz CT molecular complexity index is 567. The zero-order valence-corrected chi connectivity index (χ0v) is 13.5. The Labute approximate surface area is 131 Å². The Morgan fingerprint density at radius 1 is 1.14 bits per heavy atom. The lowest BCUT2D eigenvalue weighted by molar-refractivity contribution is -0.141. The molecule has 22 heavy (non-hydrogen) atoms. The Balaban J connectivity index is 1.86. The van der Waals surface area contributed by atoms with Gasteiger partial charge in [0, 0.05) is 6.16 Å². The molecule has 0 saturated heterocycles. The van der Waals surface area contributed by atoms with Gasteiger partial charge in [-0.1, -0.05) is 42.5 Å². The molecule has 4 nitrogen and oxygen atoms in total.